The molecule has 3 heteroatoms. The molecule has 1 heterocycles. The summed E-state index contributed by atoms with van der Waals surface area (Å²) in [6.45, 7) is 10.3. The summed E-state index contributed by atoms with van der Waals surface area (Å²) in [7, 11) is 0. The van der Waals surface area contributed by atoms with E-state index >= 15 is 0 Å². The lowest BCUT2D eigenvalue weighted by atomic mass is 9.39. The summed E-state index contributed by atoms with van der Waals surface area (Å²) in [6, 6.07) is 0. The van der Waals surface area contributed by atoms with E-state index in [4.69, 9.17) is 4.74 Å². The van der Waals surface area contributed by atoms with Crippen LogP contribution in [0.5, 0.6) is 0 Å². The summed E-state index contributed by atoms with van der Waals surface area (Å²) in [4.78, 5) is 0. The Morgan fingerprint density at radius 1 is 1.04 bits per heavy atom. The number of aliphatic hydroxyl groups excluding tert-OH is 2. The van der Waals surface area contributed by atoms with Crippen LogP contribution < -0.4 is 0 Å². The normalized spacial score (nSPS) is 56.4. The maximum atomic E-state index is 11.5. The Bertz CT molecular complexity index is 654. The third-order valence-corrected chi connectivity index (χ3v) is 10.3. The fourth-order valence-electron chi connectivity index (χ4n) is 9.10. The molecular weight excluding hydrogens is 336 g/mol. The molecule has 9 atom stereocenters. The van der Waals surface area contributed by atoms with Gasteiger partial charge in [0.05, 0.1) is 12.7 Å². The van der Waals surface area contributed by atoms with Gasteiger partial charge in [-0.1, -0.05) is 40.2 Å². The first-order chi connectivity index (χ1) is 12.7. The van der Waals surface area contributed by atoms with E-state index in [-0.39, 0.29) is 17.4 Å². The zero-order chi connectivity index (χ0) is 19.2. The van der Waals surface area contributed by atoms with Crippen LogP contribution in [0.25, 0.3) is 0 Å². The van der Waals surface area contributed by atoms with Gasteiger partial charge in [-0.3, -0.25) is 0 Å². The molecule has 0 radical (unpaired) electrons. The first kappa shape index (κ1) is 18.6. The zero-order valence-corrected chi connectivity index (χ0v) is 17.6. The lowest BCUT2D eigenvalue weighted by molar-refractivity contribution is -0.215. The molecule has 3 nitrogen and oxygen atoms in total. The molecule has 5 aliphatic rings. The van der Waals surface area contributed by atoms with Crippen LogP contribution >= 0.6 is 0 Å². The van der Waals surface area contributed by atoms with Gasteiger partial charge in [-0.05, 0) is 78.6 Å². The van der Waals surface area contributed by atoms with E-state index in [9.17, 15) is 10.2 Å². The van der Waals surface area contributed by atoms with Crippen molar-refractivity contribution < 1.29 is 14.9 Å². The molecular formula is C24H38O3. The number of rotatable bonds is 0. The maximum absolute atomic E-state index is 11.5. The van der Waals surface area contributed by atoms with Crippen molar-refractivity contribution in [2.75, 3.05) is 6.61 Å². The van der Waals surface area contributed by atoms with E-state index in [0.29, 0.717) is 35.2 Å². The number of allylic oxidation sites excluding steroid dienone is 1. The molecule has 2 N–H and O–H groups in total. The highest BCUT2D eigenvalue weighted by Crippen LogP contribution is 2.69. The molecule has 0 amide bonds. The molecule has 5 rings (SSSR count). The van der Waals surface area contributed by atoms with E-state index in [1.54, 1.807) is 0 Å². The van der Waals surface area contributed by atoms with Crippen LogP contribution in [0.1, 0.15) is 72.6 Å². The first-order valence-electron chi connectivity index (χ1n) is 11.4. The minimum Gasteiger partial charge on any atom is -0.393 e. The molecule has 0 aromatic carbocycles. The van der Waals surface area contributed by atoms with Gasteiger partial charge in [-0.25, -0.2) is 0 Å². The van der Waals surface area contributed by atoms with Crippen molar-refractivity contribution in [2.45, 2.75) is 85.0 Å². The Labute approximate surface area is 164 Å². The summed E-state index contributed by atoms with van der Waals surface area (Å²) in [5.74, 6) is 2.55. The second-order valence-electron chi connectivity index (χ2n) is 11.7. The summed E-state index contributed by atoms with van der Waals surface area (Å²) < 4.78 is 5.61. The van der Waals surface area contributed by atoms with Crippen molar-refractivity contribution in [1.82, 2.24) is 0 Å². The summed E-state index contributed by atoms with van der Waals surface area (Å²) >= 11 is 0. The summed E-state index contributed by atoms with van der Waals surface area (Å²) in [5, 5.41) is 22.1. The molecule has 0 spiro atoms. The van der Waals surface area contributed by atoms with Gasteiger partial charge in [0, 0.05) is 11.3 Å². The van der Waals surface area contributed by atoms with Crippen LogP contribution in [0.2, 0.25) is 0 Å². The minimum absolute atomic E-state index is 0.0134. The molecule has 9 unspecified atom stereocenters. The van der Waals surface area contributed by atoms with E-state index in [1.165, 1.54) is 37.7 Å². The van der Waals surface area contributed by atoms with E-state index < -0.39 is 6.29 Å². The quantitative estimate of drug-likeness (QED) is 0.613. The number of hydrogen-bond donors (Lipinski definition) is 2. The van der Waals surface area contributed by atoms with Crippen molar-refractivity contribution in [2.24, 2.45) is 45.8 Å². The Morgan fingerprint density at radius 2 is 1.81 bits per heavy atom. The van der Waals surface area contributed by atoms with Gasteiger partial charge in [0.1, 0.15) is 0 Å². The van der Waals surface area contributed by atoms with Crippen molar-refractivity contribution in [1.29, 1.82) is 0 Å². The Morgan fingerprint density at radius 3 is 2.59 bits per heavy atom. The molecule has 1 saturated heterocycles. The molecule has 0 bridgehead atoms. The molecule has 1 aliphatic heterocycles. The van der Waals surface area contributed by atoms with Crippen molar-refractivity contribution >= 4 is 0 Å². The lowest BCUT2D eigenvalue weighted by Gasteiger charge is -2.66. The van der Waals surface area contributed by atoms with Gasteiger partial charge in [0.2, 0.25) is 0 Å². The maximum Gasteiger partial charge on any atom is 0.162 e. The average molecular weight is 375 g/mol. The van der Waals surface area contributed by atoms with Gasteiger partial charge in [-0.15, -0.1) is 0 Å². The van der Waals surface area contributed by atoms with E-state index in [2.05, 4.69) is 33.8 Å². The van der Waals surface area contributed by atoms with Gasteiger partial charge >= 0.3 is 0 Å². The highest BCUT2D eigenvalue weighted by atomic mass is 16.6. The highest BCUT2D eigenvalue weighted by molar-refractivity contribution is 5.25. The molecule has 4 aliphatic carbocycles. The van der Waals surface area contributed by atoms with Gasteiger partial charge in [0.15, 0.2) is 6.29 Å². The van der Waals surface area contributed by atoms with E-state index in [0.717, 1.165) is 18.8 Å². The molecule has 0 aromatic heterocycles. The Balaban J connectivity index is 1.53. The second-order valence-corrected chi connectivity index (χ2v) is 11.7. The third-order valence-electron chi connectivity index (χ3n) is 10.3. The average Bonchev–Trinajstić information content (AvgIpc) is 2.98. The smallest absolute Gasteiger partial charge is 0.162 e. The van der Waals surface area contributed by atoms with Crippen LogP contribution in [0, 0.1) is 45.8 Å². The van der Waals surface area contributed by atoms with Crippen LogP contribution in [0.4, 0.5) is 0 Å². The van der Waals surface area contributed by atoms with Crippen LogP contribution in [-0.4, -0.2) is 29.2 Å². The van der Waals surface area contributed by atoms with Crippen LogP contribution in [0.15, 0.2) is 11.6 Å². The summed E-state index contributed by atoms with van der Waals surface area (Å²) in [6.07, 6.45) is 9.90. The SMILES string of the molecule is CC1(C)CCCC2(C)C3CC(O)C4(C)C(CC=C5COC(O)C54)C3CCC12. The first-order valence-corrected chi connectivity index (χ1v) is 11.4. The Hall–Kier alpha value is -0.380. The number of hydrogen-bond acceptors (Lipinski definition) is 3. The lowest BCUT2D eigenvalue weighted by Crippen LogP contribution is -2.63. The zero-order valence-electron chi connectivity index (χ0n) is 17.6. The number of aliphatic hydroxyl groups is 2. The fourth-order valence-corrected chi connectivity index (χ4v) is 9.10. The Kier molecular flexibility index (Phi) is 4.02. The highest BCUT2D eigenvalue weighted by Gasteiger charge is 2.65. The monoisotopic (exact) mass is 374 g/mol. The second kappa shape index (κ2) is 5.83. The topological polar surface area (TPSA) is 49.7 Å². The largest absolute Gasteiger partial charge is 0.393 e. The van der Waals surface area contributed by atoms with Gasteiger partial charge < -0.3 is 14.9 Å². The van der Waals surface area contributed by atoms with Crippen molar-refractivity contribution in [3.8, 4) is 0 Å². The predicted octanol–water partition coefficient (Wildman–Crippen LogP) is 4.53. The van der Waals surface area contributed by atoms with Gasteiger partial charge in [-0.2, -0.15) is 0 Å². The molecule has 3 saturated carbocycles. The minimum atomic E-state index is -0.740. The molecule has 4 fully saturated rings. The van der Waals surface area contributed by atoms with Crippen molar-refractivity contribution in [3.63, 3.8) is 0 Å². The molecule has 27 heavy (non-hydrogen) atoms. The molecule has 152 valence electrons. The standard InChI is InChI=1S/C24H38O3/c1-22(2)10-5-11-23(3)17-12-19(25)24(4)16(15(17)7-9-18(22)23)8-6-14-13-27-21(26)20(14)24/h6,15-21,25-26H,5,7-13H2,1-4H3. The molecule has 0 aromatic rings. The third kappa shape index (κ3) is 2.31. The van der Waals surface area contributed by atoms with Gasteiger partial charge in [0.25, 0.3) is 0 Å². The predicted molar refractivity (Wildman–Crippen MR) is 106 cm³/mol. The number of ether oxygens (including phenoxy) is 1. The van der Waals surface area contributed by atoms with Crippen LogP contribution in [-0.2, 0) is 4.74 Å². The van der Waals surface area contributed by atoms with Crippen LogP contribution in [0.3, 0.4) is 0 Å². The fraction of sp³-hybridized carbons (Fsp3) is 0.917. The van der Waals surface area contributed by atoms with E-state index in [1.807, 2.05) is 0 Å². The van der Waals surface area contributed by atoms with Crippen molar-refractivity contribution in [3.05, 3.63) is 11.6 Å². The summed E-state index contributed by atoms with van der Waals surface area (Å²) in [5.41, 5.74) is 1.78. The number of fused-ring (bicyclic) bond motifs is 7.